The van der Waals surface area contributed by atoms with Crippen LogP contribution in [-0.2, 0) is 11.3 Å². The second-order valence-electron chi connectivity index (χ2n) is 4.40. The maximum Gasteiger partial charge on any atom is 0.239 e. The summed E-state index contributed by atoms with van der Waals surface area (Å²) < 4.78 is 0. The summed E-state index contributed by atoms with van der Waals surface area (Å²) in [6.07, 6.45) is 0.966. The quantitative estimate of drug-likeness (QED) is 0.767. The van der Waals surface area contributed by atoms with Gasteiger partial charge in [0.15, 0.2) is 0 Å². The van der Waals surface area contributed by atoms with Gasteiger partial charge in [-0.05, 0) is 31.2 Å². The van der Waals surface area contributed by atoms with Crippen molar-refractivity contribution in [2.75, 3.05) is 32.1 Å². The van der Waals surface area contributed by atoms with Gasteiger partial charge < -0.3 is 15.5 Å². The summed E-state index contributed by atoms with van der Waals surface area (Å²) in [5.41, 5.74) is 2.30. The lowest BCUT2D eigenvalue weighted by molar-refractivity contribution is -0.119. The van der Waals surface area contributed by atoms with Crippen LogP contribution in [-0.4, -0.2) is 33.1 Å². The molecule has 0 aliphatic heterocycles. The van der Waals surface area contributed by atoms with Crippen molar-refractivity contribution in [2.24, 2.45) is 0 Å². The predicted molar refractivity (Wildman–Crippen MR) is 75.8 cm³/mol. The number of carbonyl (C=O) groups is 1. The van der Waals surface area contributed by atoms with E-state index in [0.29, 0.717) is 6.54 Å². The average Bonchev–Trinajstić information content (AvgIpc) is 2.37. The Hall–Kier alpha value is -1.55. The minimum Gasteiger partial charge on any atom is -0.365 e. The summed E-state index contributed by atoms with van der Waals surface area (Å²) >= 11 is 0. The first-order chi connectivity index (χ1) is 8.67. The third kappa shape index (κ3) is 4.75. The number of nitrogens with one attached hydrogen (secondary N) is 2. The number of likely N-dealkylation sites (N-methyl/N-ethyl adjacent to an activating group) is 1. The predicted octanol–water partition coefficient (Wildman–Crippen LogP) is 1.37. The Kier molecular flexibility index (Phi) is 6.22. The smallest absolute Gasteiger partial charge is 0.239 e. The van der Waals surface area contributed by atoms with Gasteiger partial charge in [0.25, 0.3) is 0 Å². The first-order valence-electron chi connectivity index (χ1n) is 6.38. The maximum atomic E-state index is 11.6. The highest BCUT2D eigenvalue weighted by Gasteiger charge is 2.06. The van der Waals surface area contributed by atoms with Crippen LogP contribution >= 0.6 is 0 Å². The lowest BCUT2D eigenvalue weighted by Crippen LogP contribution is -2.35. The molecule has 2 N–H and O–H groups in total. The summed E-state index contributed by atoms with van der Waals surface area (Å²) in [5, 5.41) is 5.98. The van der Waals surface area contributed by atoms with Crippen LogP contribution in [0.5, 0.6) is 0 Å². The highest BCUT2D eigenvalue weighted by Crippen LogP contribution is 2.13. The Balaban J connectivity index is 2.50. The second-order valence-corrected chi connectivity index (χ2v) is 4.40. The molecule has 4 heteroatoms. The van der Waals surface area contributed by atoms with Crippen LogP contribution < -0.4 is 15.5 Å². The number of hydrogen-bond donors (Lipinski definition) is 2. The number of hydrogen-bond acceptors (Lipinski definition) is 3. The van der Waals surface area contributed by atoms with Crippen molar-refractivity contribution < 1.29 is 4.79 Å². The molecular formula is C14H23N3O. The van der Waals surface area contributed by atoms with E-state index in [1.165, 1.54) is 5.56 Å². The van der Waals surface area contributed by atoms with Gasteiger partial charge in [0.05, 0.1) is 6.54 Å². The fraction of sp³-hybridized carbons (Fsp3) is 0.500. The van der Waals surface area contributed by atoms with Crippen molar-refractivity contribution in [1.82, 2.24) is 10.6 Å². The van der Waals surface area contributed by atoms with Gasteiger partial charge in [0.1, 0.15) is 0 Å². The fourth-order valence-corrected chi connectivity index (χ4v) is 1.70. The van der Waals surface area contributed by atoms with Crippen molar-refractivity contribution in [1.29, 1.82) is 0 Å². The summed E-state index contributed by atoms with van der Waals surface area (Å²) in [5.74, 6) is 0.0682. The topological polar surface area (TPSA) is 44.4 Å². The molecule has 0 aromatic heterocycles. The minimum atomic E-state index is 0.0682. The molecule has 0 fully saturated rings. The van der Waals surface area contributed by atoms with E-state index < -0.39 is 0 Å². The zero-order valence-electron chi connectivity index (χ0n) is 11.5. The van der Waals surface area contributed by atoms with Crippen LogP contribution in [0.25, 0.3) is 0 Å². The second kappa shape index (κ2) is 7.71. The first-order valence-corrected chi connectivity index (χ1v) is 6.38. The number of rotatable bonds is 7. The summed E-state index contributed by atoms with van der Waals surface area (Å²) in [7, 11) is 3.86. The number of amides is 1. The van der Waals surface area contributed by atoms with Gasteiger partial charge in [-0.25, -0.2) is 0 Å². The molecule has 18 heavy (non-hydrogen) atoms. The minimum absolute atomic E-state index is 0.0682. The number of anilines is 1. The van der Waals surface area contributed by atoms with Gasteiger partial charge in [-0.1, -0.05) is 19.1 Å². The Morgan fingerprint density at radius 2 is 1.94 bits per heavy atom. The van der Waals surface area contributed by atoms with E-state index >= 15 is 0 Å². The standard InChI is InChI=1S/C14H23N3O/c1-4-9-16-14(18)11-17(3)13-7-5-12(6-8-13)10-15-2/h5-8,15H,4,9-11H2,1-3H3,(H,16,18). The Morgan fingerprint density at radius 1 is 1.28 bits per heavy atom. The van der Waals surface area contributed by atoms with Gasteiger partial charge in [-0.2, -0.15) is 0 Å². The molecule has 0 aliphatic rings. The highest BCUT2D eigenvalue weighted by atomic mass is 16.2. The Labute approximate surface area is 109 Å². The molecule has 1 aromatic rings. The molecule has 0 atom stereocenters. The van der Waals surface area contributed by atoms with Crippen LogP contribution in [0.4, 0.5) is 5.69 Å². The number of benzene rings is 1. The Bertz CT molecular complexity index is 362. The first kappa shape index (κ1) is 14.5. The zero-order chi connectivity index (χ0) is 13.4. The van der Waals surface area contributed by atoms with Gasteiger partial charge in [0, 0.05) is 25.8 Å². The van der Waals surface area contributed by atoms with Crippen molar-refractivity contribution in [2.45, 2.75) is 19.9 Å². The molecule has 0 bridgehead atoms. The third-order valence-corrected chi connectivity index (χ3v) is 2.71. The summed E-state index contributed by atoms with van der Waals surface area (Å²) in [6, 6.07) is 8.23. The third-order valence-electron chi connectivity index (χ3n) is 2.71. The molecule has 4 nitrogen and oxygen atoms in total. The molecule has 100 valence electrons. The van der Waals surface area contributed by atoms with Crippen LogP contribution in [0.1, 0.15) is 18.9 Å². The van der Waals surface area contributed by atoms with Crippen molar-refractivity contribution in [3.8, 4) is 0 Å². The summed E-state index contributed by atoms with van der Waals surface area (Å²) in [6.45, 7) is 4.05. The van der Waals surface area contributed by atoms with Gasteiger partial charge in [-0.3, -0.25) is 4.79 Å². The van der Waals surface area contributed by atoms with Gasteiger partial charge >= 0.3 is 0 Å². The van der Waals surface area contributed by atoms with Crippen LogP contribution in [0.3, 0.4) is 0 Å². The van der Waals surface area contributed by atoms with E-state index in [4.69, 9.17) is 0 Å². The van der Waals surface area contributed by atoms with E-state index in [9.17, 15) is 4.79 Å². The molecule has 0 radical (unpaired) electrons. The molecule has 1 aromatic carbocycles. The van der Waals surface area contributed by atoms with E-state index in [2.05, 4.69) is 22.8 Å². The lowest BCUT2D eigenvalue weighted by atomic mass is 10.2. The van der Waals surface area contributed by atoms with Gasteiger partial charge in [-0.15, -0.1) is 0 Å². The zero-order valence-corrected chi connectivity index (χ0v) is 11.5. The largest absolute Gasteiger partial charge is 0.365 e. The molecule has 0 unspecified atom stereocenters. The molecule has 1 amide bonds. The normalized spacial score (nSPS) is 10.2. The molecular weight excluding hydrogens is 226 g/mol. The van der Waals surface area contributed by atoms with Crippen LogP contribution in [0.15, 0.2) is 24.3 Å². The fourth-order valence-electron chi connectivity index (χ4n) is 1.70. The maximum absolute atomic E-state index is 11.6. The van der Waals surface area contributed by atoms with Gasteiger partial charge in [0.2, 0.25) is 5.91 Å². The molecule has 1 rings (SSSR count). The monoisotopic (exact) mass is 249 g/mol. The molecule has 0 saturated heterocycles. The van der Waals surface area contributed by atoms with E-state index in [-0.39, 0.29) is 5.91 Å². The molecule has 0 saturated carbocycles. The van der Waals surface area contributed by atoms with E-state index in [0.717, 1.165) is 25.2 Å². The number of nitrogens with zero attached hydrogens (tertiary/aromatic N) is 1. The van der Waals surface area contributed by atoms with Crippen LogP contribution in [0.2, 0.25) is 0 Å². The lowest BCUT2D eigenvalue weighted by Gasteiger charge is -2.19. The van der Waals surface area contributed by atoms with Crippen molar-refractivity contribution in [3.05, 3.63) is 29.8 Å². The Morgan fingerprint density at radius 3 is 2.50 bits per heavy atom. The SMILES string of the molecule is CCCNC(=O)CN(C)c1ccc(CNC)cc1. The molecule has 0 heterocycles. The van der Waals surface area contributed by atoms with E-state index in [1.807, 2.05) is 38.1 Å². The molecule has 0 aliphatic carbocycles. The van der Waals surface area contributed by atoms with E-state index in [1.54, 1.807) is 0 Å². The molecule has 0 spiro atoms. The van der Waals surface area contributed by atoms with Crippen molar-refractivity contribution >= 4 is 11.6 Å². The van der Waals surface area contributed by atoms with Crippen molar-refractivity contribution in [3.63, 3.8) is 0 Å². The van der Waals surface area contributed by atoms with Crippen LogP contribution in [0, 0.1) is 0 Å². The summed E-state index contributed by atoms with van der Waals surface area (Å²) in [4.78, 5) is 13.5. The average molecular weight is 249 g/mol. The highest BCUT2D eigenvalue weighted by molar-refractivity contribution is 5.81. The number of carbonyl (C=O) groups excluding carboxylic acids is 1.